The molecule has 2 fully saturated rings. The van der Waals surface area contributed by atoms with Crippen LogP contribution in [0.1, 0.15) is 12.0 Å². The maximum atomic E-state index is 12.9. The first-order chi connectivity index (χ1) is 16.5. The zero-order valence-corrected chi connectivity index (χ0v) is 20.9. The van der Waals surface area contributed by atoms with Crippen LogP contribution in [-0.4, -0.2) is 72.9 Å². The van der Waals surface area contributed by atoms with Crippen LogP contribution < -0.4 is 14.4 Å². The van der Waals surface area contributed by atoms with Crippen LogP contribution in [0.25, 0.3) is 6.08 Å². The van der Waals surface area contributed by atoms with Crippen molar-refractivity contribution in [3.05, 3.63) is 59.0 Å². The molecule has 0 aromatic heterocycles. The van der Waals surface area contributed by atoms with E-state index in [1.807, 2.05) is 35.2 Å². The van der Waals surface area contributed by atoms with Gasteiger partial charge in [0.1, 0.15) is 4.32 Å². The summed E-state index contributed by atoms with van der Waals surface area (Å²) in [4.78, 5) is 31.9. The number of para-hydroxylation sites is 1. The number of hydrogen-bond acceptors (Lipinski definition) is 7. The van der Waals surface area contributed by atoms with Crippen LogP contribution in [0.15, 0.2) is 53.4 Å². The third kappa shape index (κ3) is 5.37. The summed E-state index contributed by atoms with van der Waals surface area (Å²) in [5, 5.41) is 0. The van der Waals surface area contributed by atoms with E-state index in [4.69, 9.17) is 21.7 Å². The number of carbonyl (C=O) groups excluding carboxylic acids is 2. The molecule has 2 saturated heterocycles. The molecule has 0 bridgehead atoms. The zero-order chi connectivity index (χ0) is 24.1. The van der Waals surface area contributed by atoms with Gasteiger partial charge in [-0.1, -0.05) is 48.2 Å². The predicted octanol–water partition coefficient (Wildman–Crippen LogP) is 3.64. The maximum Gasteiger partial charge on any atom is 0.266 e. The molecule has 2 aliphatic rings. The quantitative estimate of drug-likeness (QED) is 0.428. The summed E-state index contributed by atoms with van der Waals surface area (Å²) in [6, 6.07) is 15.7. The zero-order valence-electron chi connectivity index (χ0n) is 19.2. The lowest BCUT2D eigenvalue weighted by atomic mass is 10.2. The fourth-order valence-electron chi connectivity index (χ4n) is 4.01. The van der Waals surface area contributed by atoms with Crippen molar-refractivity contribution in [3.63, 3.8) is 0 Å². The molecule has 0 N–H and O–H groups in total. The second-order valence-electron chi connectivity index (χ2n) is 7.90. The van der Waals surface area contributed by atoms with E-state index < -0.39 is 0 Å². The molecule has 0 radical (unpaired) electrons. The highest BCUT2D eigenvalue weighted by atomic mass is 32.2. The smallest absolute Gasteiger partial charge is 0.266 e. The molecule has 178 valence electrons. The van der Waals surface area contributed by atoms with E-state index in [0.29, 0.717) is 33.8 Å². The van der Waals surface area contributed by atoms with Crippen molar-refractivity contribution >= 4 is 51.9 Å². The molecular weight excluding hydrogens is 470 g/mol. The van der Waals surface area contributed by atoms with E-state index in [1.165, 1.54) is 22.3 Å². The van der Waals surface area contributed by atoms with Gasteiger partial charge in [0.25, 0.3) is 5.91 Å². The van der Waals surface area contributed by atoms with Gasteiger partial charge in [0.2, 0.25) is 5.91 Å². The summed E-state index contributed by atoms with van der Waals surface area (Å²) in [7, 11) is 3.15. The molecule has 2 amide bonds. The molecular formula is C25H27N3O4S2. The Kier molecular flexibility index (Phi) is 7.74. The molecule has 2 heterocycles. The van der Waals surface area contributed by atoms with Crippen LogP contribution >= 0.6 is 24.0 Å². The van der Waals surface area contributed by atoms with E-state index >= 15 is 0 Å². The van der Waals surface area contributed by atoms with Gasteiger partial charge in [0.15, 0.2) is 11.5 Å². The summed E-state index contributed by atoms with van der Waals surface area (Å²) in [6.07, 6.45) is 2.04. The van der Waals surface area contributed by atoms with Crippen LogP contribution in [0.4, 0.5) is 5.69 Å². The minimum absolute atomic E-state index is 0.0469. The number of amides is 2. The van der Waals surface area contributed by atoms with Gasteiger partial charge in [-0.25, -0.2) is 0 Å². The molecule has 0 unspecified atom stereocenters. The molecule has 0 saturated carbocycles. The average Bonchev–Trinajstić information content (AvgIpc) is 3.14. The van der Waals surface area contributed by atoms with Gasteiger partial charge in [-0.2, -0.15) is 0 Å². The molecule has 2 aromatic rings. The van der Waals surface area contributed by atoms with Crippen LogP contribution in [0.2, 0.25) is 0 Å². The van der Waals surface area contributed by atoms with E-state index in [-0.39, 0.29) is 24.8 Å². The lowest BCUT2D eigenvalue weighted by molar-refractivity contribution is -0.132. The van der Waals surface area contributed by atoms with Gasteiger partial charge in [-0.3, -0.25) is 14.5 Å². The van der Waals surface area contributed by atoms with Crippen LogP contribution in [-0.2, 0) is 9.59 Å². The van der Waals surface area contributed by atoms with Crippen molar-refractivity contribution in [1.82, 2.24) is 9.80 Å². The third-order valence-corrected chi connectivity index (χ3v) is 7.26. The second kappa shape index (κ2) is 10.9. The topological polar surface area (TPSA) is 62.3 Å². The molecule has 2 aliphatic heterocycles. The van der Waals surface area contributed by atoms with Crippen molar-refractivity contribution in [2.24, 2.45) is 0 Å². The summed E-state index contributed by atoms with van der Waals surface area (Å²) in [6.45, 7) is 3.22. The number of carbonyl (C=O) groups is 2. The number of rotatable bonds is 7. The fraction of sp³-hybridized carbons (Fsp3) is 0.320. The summed E-state index contributed by atoms with van der Waals surface area (Å²) >= 11 is 6.68. The Balaban J connectivity index is 1.32. The lowest BCUT2D eigenvalue weighted by Crippen LogP contribution is -2.49. The van der Waals surface area contributed by atoms with Crippen molar-refractivity contribution in [3.8, 4) is 11.5 Å². The van der Waals surface area contributed by atoms with E-state index in [1.54, 1.807) is 26.4 Å². The number of ether oxygens (including phenoxy) is 2. The third-order valence-electron chi connectivity index (χ3n) is 5.88. The second-order valence-corrected chi connectivity index (χ2v) is 9.58. The largest absolute Gasteiger partial charge is 0.493 e. The number of hydrogen-bond donors (Lipinski definition) is 0. The Morgan fingerprint density at radius 3 is 2.41 bits per heavy atom. The van der Waals surface area contributed by atoms with Crippen molar-refractivity contribution in [1.29, 1.82) is 0 Å². The van der Waals surface area contributed by atoms with Gasteiger partial charge >= 0.3 is 0 Å². The Bertz CT molecular complexity index is 1100. The normalized spacial score (nSPS) is 17.5. The summed E-state index contributed by atoms with van der Waals surface area (Å²) < 4.78 is 11.1. The van der Waals surface area contributed by atoms with Gasteiger partial charge in [-0.15, -0.1) is 0 Å². The number of anilines is 1. The molecule has 7 nitrogen and oxygen atoms in total. The van der Waals surface area contributed by atoms with Gasteiger partial charge < -0.3 is 19.3 Å². The molecule has 0 aliphatic carbocycles. The van der Waals surface area contributed by atoms with Crippen molar-refractivity contribution < 1.29 is 19.1 Å². The highest BCUT2D eigenvalue weighted by Crippen LogP contribution is 2.34. The monoisotopic (exact) mass is 497 g/mol. The van der Waals surface area contributed by atoms with Crippen molar-refractivity contribution in [2.45, 2.75) is 6.42 Å². The number of piperazine rings is 1. The molecule has 2 aromatic carbocycles. The summed E-state index contributed by atoms with van der Waals surface area (Å²) in [5.74, 6) is 1.08. The predicted molar refractivity (Wildman–Crippen MR) is 139 cm³/mol. The highest BCUT2D eigenvalue weighted by molar-refractivity contribution is 8.26. The van der Waals surface area contributed by atoms with E-state index in [2.05, 4.69) is 17.0 Å². The Labute approximate surface area is 209 Å². The van der Waals surface area contributed by atoms with Gasteiger partial charge in [-0.05, 0) is 35.9 Å². The van der Waals surface area contributed by atoms with Crippen LogP contribution in [0.3, 0.4) is 0 Å². The Hall–Kier alpha value is -3.04. The fourth-order valence-corrected chi connectivity index (χ4v) is 5.31. The van der Waals surface area contributed by atoms with Gasteiger partial charge in [0.05, 0.1) is 19.1 Å². The molecule has 9 heteroatoms. The molecule has 0 atom stereocenters. The number of thioether (sulfide) groups is 1. The minimum atomic E-state index is -0.175. The van der Waals surface area contributed by atoms with Gasteiger partial charge in [0, 0.05) is 44.8 Å². The standard InChI is InChI=1S/C25H27N3O4S2/c1-31-20-9-8-18(16-21(20)32-2)17-22-24(30)28(25(33)34-22)11-10-23(29)27-14-12-26(13-15-27)19-6-4-3-5-7-19/h3-9,16-17H,10-15H2,1-2H3/b22-17+. The van der Waals surface area contributed by atoms with Crippen LogP contribution in [0, 0.1) is 0 Å². The number of nitrogens with zero attached hydrogens (tertiary/aromatic N) is 3. The maximum absolute atomic E-state index is 12.9. The first-order valence-electron chi connectivity index (χ1n) is 11.1. The average molecular weight is 498 g/mol. The summed E-state index contributed by atoms with van der Waals surface area (Å²) in [5.41, 5.74) is 1.99. The number of methoxy groups -OCH3 is 2. The lowest BCUT2D eigenvalue weighted by Gasteiger charge is -2.36. The first-order valence-corrected chi connectivity index (χ1v) is 12.3. The van der Waals surface area contributed by atoms with E-state index in [0.717, 1.165) is 18.7 Å². The molecule has 34 heavy (non-hydrogen) atoms. The van der Waals surface area contributed by atoms with Crippen LogP contribution in [0.5, 0.6) is 11.5 Å². The highest BCUT2D eigenvalue weighted by Gasteiger charge is 2.33. The number of benzene rings is 2. The SMILES string of the molecule is COc1ccc(/C=C2/SC(=S)N(CCC(=O)N3CCN(c4ccccc4)CC3)C2=O)cc1OC. The Morgan fingerprint density at radius 1 is 1.03 bits per heavy atom. The minimum Gasteiger partial charge on any atom is -0.493 e. The van der Waals surface area contributed by atoms with E-state index in [9.17, 15) is 9.59 Å². The molecule has 4 rings (SSSR count). The molecule has 0 spiro atoms. The number of thiocarbonyl (C=S) groups is 1. The Morgan fingerprint density at radius 2 is 1.74 bits per heavy atom. The first kappa shape index (κ1) is 24.1. The van der Waals surface area contributed by atoms with Crippen molar-refractivity contribution in [2.75, 3.05) is 51.8 Å².